The molecular formula is C16H13N3. The predicted octanol–water partition coefficient (Wildman–Crippen LogP) is 3.82. The molecule has 0 atom stereocenters. The molecule has 0 aliphatic carbocycles. The first-order valence-electron chi connectivity index (χ1n) is 6.32. The van der Waals surface area contributed by atoms with E-state index in [1.165, 1.54) is 10.8 Å². The van der Waals surface area contributed by atoms with Crippen molar-refractivity contribution in [2.45, 2.75) is 0 Å². The molecule has 0 saturated carbocycles. The van der Waals surface area contributed by atoms with Gasteiger partial charge in [-0.3, -0.25) is 5.01 Å². The normalized spacial score (nSPS) is 13.4. The van der Waals surface area contributed by atoms with E-state index in [2.05, 4.69) is 64.5 Å². The van der Waals surface area contributed by atoms with Crippen molar-refractivity contribution in [1.82, 2.24) is 5.53 Å². The van der Waals surface area contributed by atoms with Gasteiger partial charge in [0, 0.05) is 5.39 Å². The Bertz CT molecular complexity index is 737. The summed E-state index contributed by atoms with van der Waals surface area (Å²) in [7, 11) is 0. The first kappa shape index (κ1) is 10.4. The molecule has 1 heterocycles. The molecule has 3 nitrogen and oxygen atoms in total. The van der Waals surface area contributed by atoms with Gasteiger partial charge in [0.05, 0.1) is 17.1 Å². The number of rotatable bonds is 1. The Hall–Kier alpha value is -2.52. The van der Waals surface area contributed by atoms with Crippen LogP contribution in [0.4, 0.5) is 17.1 Å². The molecule has 1 aliphatic rings. The maximum atomic E-state index is 3.27. The van der Waals surface area contributed by atoms with E-state index in [-0.39, 0.29) is 0 Å². The van der Waals surface area contributed by atoms with Crippen molar-refractivity contribution in [2.24, 2.45) is 0 Å². The molecule has 0 aromatic heterocycles. The lowest BCUT2D eigenvalue weighted by molar-refractivity contribution is 0.864. The number of hydrogen-bond acceptors (Lipinski definition) is 3. The van der Waals surface area contributed by atoms with Gasteiger partial charge in [-0.15, -0.1) is 5.53 Å². The minimum Gasteiger partial charge on any atom is -0.301 e. The summed E-state index contributed by atoms with van der Waals surface area (Å²) < 4.78 is 0. The lowest BCUT2D eigenvalue weighted by Crippen LogP contribution is -2.31. The van der Waals surface area contributed by atoms with Gasteiger partial charge in [0.2, 0.25) is 0 Å². The van der Waals surface area contributed by atoms with Crippen LogP contribution in [0.3, 0.4) is 0 Å². The van der Waals surface area contributed by atoms with Crippen molar-refractivity contribution >= 4 is 27.8 Å². The summed E-state index contributed by atoms with van der Waals surface area (Å²) in [6, 6.07) is 22.9. The van der Waals surface area contributed by atoms with Crippen LogP contribution in [-0.4, -0.2) is 0 Å². The fraction of sp³-hybridized carbons (Fsp3) is 0. The summed E-state index contributed by atoms with van der Waals surface area (Å²) in [4.78, 5) is 0. The van der Waals surface area contributed by atoms with Gasteiger partial charge in [0.1, 0.15) is 0 Å². The van der Waals surface area contributed by atoms with E-state index in [0.717, 1.165) is 17.1 Å². The largest absolute Gasteiger partial charge is 0.301 e. The van der Waals surface area contributed by atoms with Crippen molar-refractivity contribution in [3.63, 3.8) is 0 Å². The number of para-hydroxylation sites is 1. The Balaban J connectivity index is 1.90. The van der Waals surface area contributed by atoms with Crippen LogP contribution in [0.25, 0.3) is 10.8 Å². The molecule has 3 heteroatoms. The highest BCUT2D eigenvalue weighted by atomic mass is 15.7. The van der Waals surface area contributed by atoms with Gasteiger partial charge in [-0.2, -0.15) is 0 Å². The molecule has 19 heavy (non-hydrogen) atoms. The lowest BCUT2D eigenvalue weighted by atomic mass is 10.1. The third-order valence-corrected chi connectivity index (χ3v) is 3.46. The minimum absolute atomic E-state index is 1.11. The van der Waals surface area contributed by atoms with Crippen LogP contribution in [-0.2, 0) is 0 Å². The first-order chi connectivity index (χ1) is 9.43. The molecule has 1 aliphatic heterocycles. The first-order valence-corrected chi connectivity index (χ1v) is 6.32. The molecule has 2 N–H and O–H groups in total. The van der Waals surface area contributed by atoms with Crippen molar-refractivity contribution in [3.8, 4) is 0 Å². The average Bonchev–Trinajstić information content (AvgIpc) is 2.92. The van der Waals surface area contributed by atoms with Crippen molar-refractivity contribution in [3.05, 3.63) is 66.7 Å². The van der Waals surface area contributed by atoms with E-state index >= 15 is 0 Å². The molecule has 92 valence electrons. The summed E-state index contributed by atoms with van der Waals surface area (Å²) in [6.45, 7) is 0. The van der Waals surface area contributed by atoms with E-state index in [1.807, 2.05) is 18.2 Å². The van der Waals surface area contributed by atoms with Gasteiger partial charge in [-0.1, -0.05) is 48.5 Å². The number of anilines is 3. The molecule has 4 rings (SSSR count). The lowest BCUT2D eigenvalue weighted by Gasteiger charge is -2.17. The van der Waals surface area contributed by atoms with Crippen LogP contribution in [0.1, 0.15) is 0 Å². The number of fused-ring (bicyclic) bond motifs is 3. The number of hydrogen-bond donors (Lipinski definition) is 2. The van der Waals surface area contributed by atoms with E-state index in [9.17, 15) is 0 Å². The van der Waals surface area contributed by atoms with E-state index in [0.29, 0.717) is 0 Å². The zero-order valence-electron chi connectivity index (χ0n) is 10.3. The van der Waals surface area contributed by atoms with Gasteiger partial charge < -0.3 is 5.43 Å². The quantitative estimate of drug-likeness (QED) is 0.684. The molecule has 3 aromatic rings. The number of nitrogens with one attached hydrogen (secondary N) is 2. The van der Waals surface area contributed by atoms with Crippen molar-refractivity contribution in [2.75, 3.05) is 10.4 Å². The summed E-state index contributed by atoms with van der Waals surface area (Å²) in [5.41, 5.74) is 9.87. The van der Waals surface area contributed by atoms with E-state index in [1.54, 1.807) is 0 Å². The smallest absolute Gasteiger partial charge is 0.0847 e. The molecular weight excluding hydrogens is 234 g/mol. The summed E-state index contributed by atoms with van der Waals surface area (Å²) in [5, 5.41) is 4.53. The third kappa shape index (κ3) is 1.56. The second-order valence-corrected chi connectivity index (χ2v) is 4.59. The number of benzene rings is 3. The SMILES string of the molecule is c1ccc(N2NNc3c2ccc2ccccc32)cc1. The van der Waals surface area contributed by atoms with E-state index < -0.39 is 0 Å². The Kier molecular flexibility index (Phi) is 2.19. The minimum atomic E-state index is 1.11. The third-order valence-electron chi connectivity index (χ3n) is 3.46. The Morgan fingerprint density at radius 2 is 1.53 bits per heavy atom. The van der Waals surface area contributed by atoms with Crippen LogP contribution < -0.4 is 16.0 Å². The van der Waals surface area contributed by atoms with Crippen LogP contribution in [0.15, 0.2) is 66.7 Å². The molecule has 0 unspecified atom stereocenters. The zero-order valence-corrected chi connectivity index (χ0v) is 10.3. The molecule has 0 bridgehead atoms. The second-order valence-electron chi connectivity index (χ2n) is 4.59. The predicted molar refractivity (Wildman–Crippen MR) is 79.3 cm³/mol. The summed E-state index contributed by atoms with van der Waals surface area (Å²) >= 11 is 0. The van der Waals surface area contributed by atoms with Gasteiger partial charge >= 0.3 is 0 Å². The van der Waals surface area contributed by atoms with Crippen LogP contribution in [0.5, 0.6) is 0 Å². The topological polar surface area (TPSA) is 27.3 Å². The van der Waals surface area contributed by atoms with E-state index in [4.69, 9.17) is 0 Å². The summed E-state index contributed by atoms with van der Waals surface area (Å²) in [6.07, 6.45) is 0. The molecule has 0 fully saturated rings. The van der Waals surface area contributed by atoms with Crippen LogP contribution in [0, 0.1) is 0 Å². The van der Waals surface area contributed by atoms with Crippen molar-refractivity contribution in [1.29, 1.82) is 0 Å². The number of nitrogens with zero attached hydrogens (tertiary/aromatic N) is 1. The molecule has 0 amide bonds. The average molecular weight is 247 g/mol. The standard InChI is InChI=1S/C16H13N3/c1-2-7-13(8-3-1)19-15-11-10-12-6-4-5-9-14(12)16(15)17-18-19/h1-11,17-18H. The van der Waals surface area contributed by atoms with Crippen LogP contribution in [0.2, 0.25) is 0 Å². The highest BCUT2D eigenvalue weighted by molar-refractivity contribution is 6.02. The highest BCUT2D eigenvalue weighted by Gasteiger charge is 2.21. The van der Waals surface area contributed by atoms with Gasteiger partial charge in [0.15, 0.2) is 0 Å². The zero-order chi connectivity index (χ0) is 12.7. The molecule has 0 radical (unpaired) electrons. The van der Waals surface area contributed by atoms with Gasteiger partial charge in [-0.05, 0) is 23.6 Å². The van der Waals surface area contributed by atoms with Crippen LogP contribution >= 0.6 is 0 Å². The van der Waals surface area contributed by atoms with Gasteiger partial charge in [-0.25, -0.2) is 0 Å². The molecule has 0 spiro atoms. The highest BCUT2D eigenvalue weighted by Crippen LogP contribution is 2.39. The number of hydrazine groups is 2. The maximum absolute atomic E-state index is 3.27. The Morgan fingerprint density at radius 1 is 0.737 bits per heavy atom. The fourth-order valence-corrected chi connectivity index (χ4v) is 2.53. The Labute approximate surface area is 111 Å². The Morgan fingerprint density at radius 3 is 2.42 bits per heavy atom. The molecule has 3 aromatic carbocycles. The summed E-state index contributed by atoms with van der Waals surface area (Å²) in [5.74, 6) is 0. The fourth-order valence-electron chi connectivity index (χ4n) is 2.53. The second kappa shape index (κ2) is 4.00. The molecule has 0 saturated heterocycles. The monoisotopic (exact) mass is 247 g/mol. The maximum Gasteiger partial charge on any atom is 0.0847 e. The van der Waals surface area contributed by atoms with Crippen molar-refractivity contribution < 1.29 is 0 Å². The van der Waals surface area contributed by atoms with Gasteiger partial charge in [0.25, 0.3) is 0 Å².